The molecule has 0 fully saturated rings. The molecule has 0 atom stereocenters. The molecule has 0 aliphatic rings. The molecule has 0 spiro atoms. The van der Waals surface area contributed by atoms with Crippen molar-refractivity contribution in [2.24, 2.45) is 14.1 Å². The van der Waals surface area contributed by atoms with Crippen LogP contribution in [0, 0.1) is 11.8 Å². The minimum absolute atomic E-state index is 0. The number of rotatable bonds is 17. The summed E-state index contributed by atoms with van der Waals surface area (Å²) >= 11 is 43.5. The molecule has 675 valence electrons. The molecular formula is C90H82BrCl7N16O16Y+2. The van der Waals surface area contributed by atoms with Crippen LogP contribution in [0.1, 0.15) is 114 Å². The van der Waals surface area contributed by atoms with Crippen LogP contribution in [0.15, 0.2) is 236 Å². The van der Waals surface area contributed by atoms with Gasteiger partial charge in [0.1, 0.15) is 55.9 Å². The molecule has 0 aliphatic heterocycles. The number of halogens is 8. The van der Waals surface area contributed by atoms with E-state index in [9.17, 15) is 58.4 Å². The van der Waals surface area contributed by atoms with Gasteiger partial charge in [-0.05, 0) is 171 Å². The Kier molecular flexibility index (Phi) is 40.3. The predicted molar refractivity (Wildman–Crippen MR) is 499 cm³/mol. The zero-order valence-corrected chi connectivity index (χ0v) is 77.6. The molecule has 1 radical (unpaired) electrons. The van der Waals surface area contributed by atoms with Gasteiger partial charge in [-0.3, -0.25) is 68.7 Å². The van der Waals surface area contributed by atoms with Crippen LogP contribution in [0.3, 0.4) is 0 Å². The largest absolute Gasteiger partial charge is 0.662 e. The van der Waals surface area contributed by atoms with Crippen LogP contribution >= 0.6 is 97.1 Å². The topological polar surface area (TPSA) is 461 Å². The number of pyridine rings is 11. The summed E-state index contributed by atoms with van der Waals surface area (Å²) in [4.78, 5) is 146. The smallest absolute Gasteiger partial charge is 0.343 e. The summed E-state index contributed by atoms with van der Waals surface area (Å²) in [5.74, 6) is 2.58. The quantitative estimate of drug-likeness (QED) is 0.0132. The number of aromatic nitrogens is 11. The molecule has 0 bridgehead atoms. The number of carbonyl (C=O) groups is 5. The summed E-state index contributed by atoms with van der Waals surface area (Å²) in [7, 11) is 3.51. The van der Waals surface area contributed by atoms with Crippen molar-refractivity contribution in [1.82, 2.24) is 60.3 Å². The van der Waals surface area contributed by atoms with E-state index in [1.54, 1.807) is 127 Å². The maximum Gasteiger partial charge on any atom is 0.343 e. The van der Waals surface area contributed by atoms with Gasteiger partial charge >= 0.3 is 21.4 Å². The van der Waals surface area contributed by atoms with E-state index in [4.69, 9.17) is 107 Å². The Balaban J connectivity index is 0.000000218. The van der Waals surface area contributed by atoms with Gasteiger partial charge in [0, 0.05) is 180 Å². The first kappa shape index (κ1) is 106. The molecule has 0 aliphatic carbocycles. The van der Waals surface area contributed by atoms with Gasteiger partial charge in [0.15, 0.2) is 5.43 Å². The summed E-state index contributed by atoms with van der Waals surface area (Å²) in [5, 5.41) is 60.5. The number of anilines is 1. The van der Waals surface area contributed by atoms with Gasteiger partial charge in [-0.25, -0.2) is 9.78 Å². The van der Waals surface area contributed by atoms with Crippen LogP contribution in [0.5, 0.6) is 0 Å². The molecule has 0 unspecified atom stereocenters. The third kappa shape index (κ3) is 28.7. The number of carbonyl (C=O) groups excluding carboxylic acids is 5. The van der Waals surface area contributed by atoms with Gasteiger partial charge in [-0.15, -0.1) is 5.52 Å². The van der Waals surface area contributed by atoms with Gasteiger partial charge < -0.3 is 66.0 Å². The van der Waals surface area contributed by atoms with Gasteiger partial charge in [0.05, 0.1) is 51.8 Å². The Morgan fingerprint density at radius 3 is 1.34 bits per heavy atom. The first-order chi connectivity index (χ1) is 61.2. The zero-order valence-electron chi connectivity index (χ0n) is 67.9. The monoisotopic (exact) mass is 2060 g/mol. The fraction of sp³-hybridized carbons (Fsp3) is 0.156. The second kappa shape index (κ2) is 50.0. The van der Waals surface area contributed by atoms with Crippen LogP contribution in [0.25, 0.3) is 54.5 Å². The second-order valence-corrected chi connectivity index (χ2v) is 31.0. The average molecular weight is 2060 g/mol. The number of esters is 1. The van der Waals surface area contributed by atoms with E-state index in [1.807, 2.05) is 24.3 Å². The van der Waals surface area contributed by atoms with Gasteiger partial charge in [-0.1, -0.05) is 116 Å². The summed E-state index contributed by atoms with van der Waals surface area (Å²) in [6.45, 7) is 2.74. The summed E-state index contributed by atoms with van der Waals surface area (Å²) in [6.07, 6.45) is 16.4. The fourth-order valence-corrected chi connectivity index (χ4v) is 13.1. The third-order valence-electron chi connectivity index (χ3n) is 18.4. The number of ether oxygens (including phenoxy) is 1. The molecule has 32 nitrogen and oxygen atoms in total. The standard InChI is InChI=1S/C20H20ClN3O3.C20H16ClN3O3.C16H11BrClN3O2.C16H11Cl2N3O3.C11H9ClN2O4.C5H6ClN2O.2CH4.Y/c2*1-24-12-17(20(27)23-10-13-4-6-14(21)7-5-13)19(26)16-9-15(3-2-8-25)22-11-18(16)24;17-14-5-11-13(8-20-14)19-7-12(15(11)22)16(23)21-6-9-1-3-10(18)4-2-9;17-10-3-1-9(2-4-10)6-20-16(23)12-7-19-13-8-21(24)14(18)5-11(13)15(12)22;1-2-18-11(16)7-4-13-8-5-14(17)9(12)3-6(8)10(7)15;6-5-2-1-4(7)3-8(5)9;;;/h4-7,9,11-12,25H,2-3,8,10H2,1H3,(H,23,27);4-7,9,11-12,25H,8,10H2,1H3,(H,23,27);1-5,7-8H,6H2,(H2,19,21,22,23);1-5,7-8H,6H2,(H2-,19,20,22,23,24);3-5H,2H2,1H3,(H-,13,15,16,17);1-3,9H,7H2;2*1H4;/q;;;;;+1;;;/p+1. The number of hydrogen-bond acceptors (Lipinski definition) is 20. The minimum atomic E-state index is -0.697. The summed E-state index contributed by atoms with van der Waals surface area (Å²) < 4.78 is 10.8. The Labute approximate surface area is 814 Å². The van der Waals surface area contributed by atoms with Crippen LogP contribution in [0.4, 0.5) is 5.69 Å². The number of aliphatic hydroxyl groups is 2. The number of aromatic amines is 2. The van der Waals surface area contributed by atoms with E-state index in [2.05, 4.69) is 78.9 Å². The summed E-state index contributed by atoms with van der Waals surface area (Å²) in [5.41, 5.74) is 10.7. The zero-order chi connectivity index (χ0) is 92.6. The van der Waals surface area contributed by atoms with E-state index >= 15 is 0 Å². The number of benzene rings is 4. The molecule has 4 amide bonds. The molecule has 15 rings (SSSR count). The van der Waals surface area contributed by atoms with Gasteiger partial charge in [-0.2, -0.15) is 6.20 Å². The number of nitrogens with zero attached hydrogens (tertiary/aromatic N) is 9. The van der Waals surface area contributed by atoms with Crippen LogP contribution in [0.2, 0.25) is 35.5 Å². The Hall–Kier alpha value is -12.5. The van der Waals surface area contributed by atoms with E-state index in [0.717, 1.165) is 27.0 Å². The number of aliphatic hydroxyl groups excluding tert-OH is 2. The molecule has 41 heteroatoms. The molecule has 15 aromatic rings. The summed E-state index contributed by atoms with van der Waals surface area (Å²) in [6, 6.07) is 38.8. The van der Waals surface area contributed by atoms with E-state index in [-0.39, 0.29) is 145 Å². The second-order valence-electron chi connectivity index (χ2n) is 27.2. The normalized spacial score (nSPS) is 10.3. The molecule has 4 aromatic carbocycles. The van der Waals surface area contributed by atoms with E-state index < -0.39 is 45.9 Å². The maximum absolute atomic E-state index is 12.8. The maximum atomic E-state index is 12.8. The van der Waals surface area contributed by atoms with Crippen molar-refractivity contribution in [3.8, 4) is 11.8 Å². The van der Waals surface area contributed by atoms with Crippen LogP contribution in [-0.4, -0.2) is 109 Å². The number of nitrogens with two attached hydrogens (primary N) is 1. The Morgan fingerprint density at radius 2 is 0.908 bits per heavy atom. The third-order valence-corrected chi connectivity index (χ3v) is 20.7. The Bertz CT molecular complexity index is 7090. The van der Waals surface area contributed by atoms with Crippen molar-refractivity contribution in [2.75, 3.05) is 25.6 Å². The first-order valence-electron chi connectivity index (χ1n) is 37.9. The fourth-order valence-electron chi connectivity index (χ4n) is 11.8. The number of aryl methyl sites for hydroxylation is 3. The molecule has 0 saturated heterocycles. The van der Waals surface area contributed by atoms with Gasteiger partial charge in [0.25, 0.3) is 23.6 Å². The number of H-pyrrole nitrogens is 2. The van der Waals surface area contributed by atoms with E-state index in [1.165, 1.54) is 86.2 Å². The number of fused-ring (bicyclic) bond motifs is 5. The molecule has 131 heavy (non-hydrogen) atoms. The van der Waals surface area contributed by atoms with E-state index in [0.29, 0.717) is 121 Å². The SMILES string of the molecule is C.C.CCOC(=O)c1c[nH]c2c[n+](O)c(Cl)cc2c1=O.Cn1cc(C(=O)NCc2ccc(Cl)cc2)c(=O)c2cc(C#CCO)ncc21.Cn1cc(C(=O)NCc2ccc(Cl)cc2)c(=O)c2cc(CCCO)ncc21.Nc1ccc(Cl)[n+](O)c1.O=C(NCc1ccc(Cl)cc1)c1c[n-]c2cnc(Br)cc2c1=O.O=C(NCc1ccc(Cl)cc1)c1c[nH]c2c[n+](O)c(Cl)cc2c1=O.[Y]. The van der Waals surface area contributed by atoms with Crippen molar-refractivity contribution < 1.29 is 101 Å². The molecule has 11 heterocycles. The molecule has 11 aromatic heterocycles. The van der Waals surface area contributed by atoms with Crippen molar-refractivity contribution in [2.45, 2.75) is 60.8 Å². The Morgan fingerprint density at radius 1 is 0.504 bits per heavy atom. The van der Waals surface area contributed by atoms with Crippen molar-refractivity contribution in [3.63, 3.8) is 0 Å². The average Bonchev–Trinajstić information content (AvgIpc) is 0.791. The number of nitrogen functional groups attached to an aromatic ring is 1. The minimum Gasteiger partial charge on any atom is -0.662 e. The predicted octanol–water partition coefficient (Wildman–Crippen LogP) is 12.1. The number of hydrogen-bond donors (Lipinski definition) is 12. The first-order valence-corrected chi connectivity index (χ1v) is 41.3. The van der Waals surface area contributed by atoms with Gasteiger partial charge in [0.2, 0.25) is 40.3 Å². The molecule has 0 saturated carbocycles. The van der Waals surface area contributed by atoms with Crippen LogP contribution in [-0.2, 0) is 84.1 Å². The molecular weight excluding hydrogens is 1980 g/mol. The van der Waals surface area contributed by atoms with Crippen molar-refractivity contribution in [3.05, 3.63) is 360 Å². The van der Waals surface area contributed by atoms with Crippen molar-refractivity contribution in [1.29, 1.82) is 0 Å². The molecule has 13 N–H and O–H groups in total. The van der Waals surface area contributed by atoms with Crippen molar-refractivity contribution >= 4 is 187 Å². The number of amides is 4. The number of nitrogens with one attached hydrogen (secondary N) is 6. The van der Waals surface area contributed by atoms with Crippen LogP contribution < -0.4 is 73.3 Å².